The van der Waals surface area contributed by atoms with Crippen molar-refractivity contribution in [2.45, 2.75) is 25.1 Å². The summed E-state index contributed by atoms with van der Waals surface area (Å²) < 4.78 is 6.76. The van der Waals surface area contributed by atoms with Gasteiger partial charge in [0.2, 0.25) is 0 Å². The highest BCUT2D eigenvalue weighted by Crippen LogP contribution is 1.99. The van der Waals surface area contributed by atoms with Crippen molar-refractivity contribution in [2.24, 2.45) is 0 Å². The van der Waals surface area contributed by atoms with Crippen LogP contribution < -0.4 is 0 Å². The molecule has 1 unspecified atom stereocenters. The van der Waals surface area contributed by atoms with Gasteiger partial charge in [-0.15, -0.1) is 0 Å². The Morgan fingerprint density at radius 2 is 2.80 bits per heavy atom. The lowest BCUT2D eigenvalue weighted by molar-refractivity contribution is 0.922. The molecule has 5 heavy (non-hydrogen) atoms. The average molecular weight is 138 g/mol. The van der Waals surface area contributed by atoms with Crippen molar-refractivity contribution in [3.05, 3.63) is 0 Å². The van der Waals surface area contributed by atoms with Gasteiger partial charge in [0.25, 0.3) is 0 Å². The predicted octanol–water partition coefficient (Wildman–Crippen LogP) is 2.18. The maximum absolute atomic E-state index is 6.76. The fourth-order valence-electron chi connectivity index (χ4n) is 0. The maximum atomic E-state index is 6.76. The molecule has 0 rings (SSSR count). The Kier molecular flexibility index (Phi) is 1.98. The third-order valence-electron chi connectivity index (χ3n) is 0.443. The van der Waals surface area contributed by atoms with E-state index in [1.807, 2.05) is 0 Å². The first kappa shape index (κ1) is 3.66. The van der Waals surface area contributed by atoms with Crippen LogP contribution in [0.1, 0.15) is 21.6 Å². The second kappa shape index (κ2) is 2.70. The molecule has 0 saturated carbocycles. The zero-order valence-corrected chi connectivity index (χ0v) is 4.96. The maximum Gasteiger partial charge on any atom is 0.0242 e. The van der Waals surface area contributed by atoms with Crippen LogP contribution in [-0.2, 0) is 0 Å². The molecular formula is C4H9Br. The third kappa shape index (κ3) is 4.48. The molecule has 0 aromatic carbocycles. The lowest BCUT2D eigenvalue weighted by Crippen LogP contribution is -1.80. The summed E-state index contributed by atoms with van der Waals surface area (Å²) in [5.41, 5.74) is 0. The number of halogens is 1. The molecule has 0 N–H and O–H groups in total. The molecule has 0 aromatic rings. The topological polar surface area (TPSA) is 0 Å². The lowest BCUT2D eigenvalue weighted by Gasteiger charge is -1.88. The summed E-state index contributed by atoms with van der Waals surface area (Å²) in [7, 11) is 0. The summed E-state index contributed by atoms with van der Waals surface area (Å²) in [4.78, 5) is 0.414. The molecule has 1 atom stereocenters. The molecule has 0 heterocycles. The van der Waals surface area contributed by atoms with Crippen LogP contribution in [0, 0.1) is 0 Å². The van der Waals surface area contributed by atoms with Gasteiger partial charge in [0, 0.05) is 6.20 Å². The zero-order valence-electron chi connectivity index (χ0n) is 4.37. The fraction of sp³-hybridized carbons (Fsp3) is 1.00. The van der Waals surface area contributed by atoms with E-state index in [9.17, 15) is 0 Å². The molecule has 0 aliphatic carbocycles. The standard InChI is InChI=1S/C4H9Br/c1-3-4(2)5/h4H,3H2,1-2H3/i2D. The predicted molar refractivity (Wildman–Crippen MR) is 28.7 cm³/mol. The molecule has 0 saturated heterocycles. The van der Waals surface area contributed by atoms with Gasteiger partial charge in [0.05, 0.1) is 0 Å². The van der Waals surface area contributed by atoms with E-state index in [0.29, 0.717) is 11.7 Å². The lowest BCUT2D eigenvalue weighted by atomic mass is 10.4. The van der Waals surface area contributed by atoms with Crippen LogP contribution in [0.15, 0.2) is 0 Å². The Bertz CT molecular complexity index is 26.7. The van der Waals surface area contributed by atoms with Crippen molar-refractivity contribution < 1.29 is 1.37 Å². The highest BCUT2D eigenvalue weighted by atomic mass is 79.9. The second-order valence-electron chi connectivity index (χ2n) is 1.01. The van der Waals surface area contributed by atoms with Gasteiger partial charge >= 0.3 is 0 Å². The second-order valence-corrected chi connectivity index (χ2v) is 2.30. The number of hydrogen-bond acceptors (Lipinski definition) is 0. The van der Waals surface area contributed by atoms with Crippen LogP contribution >= 0.6 is 15.9 Å². The minimum absolute atomic E-state index is 0.414. The Hall–Kier alpha value is 0.480. The molecule has 0 aromatic heterocycles. The van der Waals surface area contributed by atoms with E-state index in [2.05, 4.69) is 22.9 Å². The smallest absolute Gasteiger partial charge is 0.0242 e. The van der Waals surface area contributed by atoms with E-state index in [4.69, 9.17) is 1.37 Å². The SMILES string of the molecule is [2H]CC(Br)CC. The Labute approximate surface area is 43.1 Å². The highest BCUT2D eigenvalue weighted by Gasteiger charge is 1.82. The van der Waals surface area contributed by atoms with E-state index in [-0.39, 0.29) is 0 Å². The molecule has 0 aliphatic heterocycles. The van der Waals surface area contributed by atoms with E-state index < -0.39 is 0 Å². The monoisotopic (exact) mass is 137 g/mol. The number of hydrogen-bond donors (Lipinski definition) is 0. The Balaban J connectivity index is 2.75. The highest BCUT2D eigenvalue weighted by molar-refractivity contribution is 9.09. The summed E-state index contributed by atoms with van der Waals surface area (Å²) in [6, 6.07) is 0. The van der Waals surface area contributed by atoms with Gasteiger partial charge in [-0.2, -0.15) is 0 Å². The first-order chi connectivity index (χ1) is 2.81. The first-order valence-electron chi connectivity index (χ1n) is 2.45. The largest absolute Gasteiger partial charge is 0.0894 e. The molecule has 0 amide bonds. The Morgan fingerprint density at radius 3 is 2.80 bits per heavy atom. The van der Waals surface area contributed by atoms with E-state index in [1.54, 1.807) is 0 Å². The van der Waals surface area contributed by atoms with Crippen LogP contribution in [0.4, 0.5) is 0 Å². The van der Waals surface area contributed by atoms with E-state index in [1.165, 1.54) is 0 Å². The molecule has 0 aliphatic rings. The van der Waals surface area contributed by atoms with Crippen molar-refractivity contribution >= 4 is 15.9 Å². The molecular weight excluding hydrogens is 128 g/mol. The minimum Gasteiger partial charge on any atom is -0.0894 e. The van der Waals surface area contributed by atoms with Gasteiger partial charge in [-0.05, 0) is 6.42 Å². The summed E-state index contributed by atoms with van der Waals surface area (Å²) in [5, 5.41) is 0. The molecule has 0 fully saturated rings. The van der Waals surface area contributed by atoms with Crippen LogP contribution in [0.5, 0.6) is 0 Å². The normalized spacial score (nSPS) is 17.6. The van der Waals surface area contributed by atoms with E-state index in [0.717, 1.165) is 6.42 Å². The van der Waals surface area contributed by atoms with Gasteiger partial charge in [-0.25, -0.2) is 0 Å². The summed E-state index contributed by atoms with van der Waals surface area (Å²) >= 11 is 3.29. The Morgan fingerprint density at radius 1 is 2.20 bits per heavy atom. The van der Waals surface area contributed by atoms with E-state index >= 15 is 0 Å². The van der Waals surface area contributed by atoms with Gasteiger partial charge in [0.1, 0.15) is 0 Å². The molecule has 32 valence electrons. The molecule has 0 spiro atoms. The van der Waals surface area contributed by atoms with Gasteiger partial charge in [-0.1, -0.05) is 29.8 Å². The zero-order chi connectivity index (χ0) is 4.99. The first-order valence-corrected chi connectivity index (χ1v) is 2.66. The minimum atomic E-state index is 0.414. The summed E-state index contributed by atoms with van der Waals surface area (Å²) in [6.07, 6.45) is 1.06. The molecule has 0 bridgehead atoms. The van der Waals surface area contributed by atoms with Crippen molar-refractivity contribution in [3.8, 4) is 0 Å². The van der Waals surface area contributed by atoms with Gasteiger partial charge in [-0.3, -0.25) is 0 Å². The van der Waals surface area contributed by atoms with Gasteiger partial charge < -0.3 is 0 Å². The summed E-state index contributed by atoms with van der Waals surface area (Å²) in [5.74, 6) is 0. The molecule has 0 radical (unpaired) electrons. The van der Waals surface area contributed by atoms with Crippen LogP contribution in [0.2, 0.25) is 0 Å². The average Bonchev–Trinajstić information content (AvgIpc) is 1.65. The van der Waals surface area contributed by atoms with Crippen LogP contribution in [-0.4, -0.2) is 4.83 Å². The number of alkyl halides is 1. The molecule has 1 heteroatoms. The third-order valence-corrected chi connectivity index (χ3v) is 1.09. The number of rotatable bonds is 1. The van der Waals surface area contributed by atoms with Crippen molar-refractivity contribution in [1.29, 1.82) is 0 Å². The van der Waals surface area contributed by atoms with Gasteiger partial charge in [0.15, 0.2) is 0 Å². The summed E-state index contributed by atoms with van der Waals surface area (Å²) in [6.45, 7) is 2.56. The van der Waals surface area contributed by atoms with Crippen LogP contribution in [0.25, 0.3) is 0 Å². The molecule has 0 nitrogen and oxygen atoms in total. The van der Waals surface area contributed by atoms with Crippen molar-refractivity contribution in [3.63, 3.8) is 0 Å². The van der Waals surface area contributed by atoms with Crippen molar-refractivity contribution in [2.75, 3.05) is 0 Å². The quantitative estimate of drug-likeness (QED) is 0.487. The van der Waals surface area contributed by atoms with Crippen molar-refractivity contribution in [1.82, 2.24) is 0 Å². The fourth-order valence-corrected chi connectivity index (χ4v) is 0. The van der Waals surface area contributed by atoms with Crippen LogP contribution in [0.3, 0.4) is 0 Å².